The monoisotopic (exact) mass is 260 g/mol. The number of methoxy groups -OCH3 is 2. The Morgan fingerprint density at radius 3 is 2.32 bits per heavy atom. The molecule has 98 valence electrons. The summed E-state index contributed by atoms with van der Waals surface area (Å²) in [5.74, 6) is -1.31. The van der Waals surface area contributed by atoms with Crippen LogP contribution in [0.4, 0.5) is 4.39 Å². The summed E-state index contributed by atoms with van der Waals surface area (Å²) in [6, 6.07) is 12.1. The number of carbonyl (C=O) groups excluding carboxylic acids is 1. The third-order valence-electron chi connectivity index (χ3n) is 2.79. The summed E-state index contributed by atoms with van der Waals surface area (Å²) in [6.07, 6.45) is 0. The molecule has 0 aromatic heterocycles. The zero-order valence-corrected chi connectivity index (χ0v) is 10.6. The van der Waals surface area contributed by atoms with Gasteiger partial charge >= 0.3 is 5.97 Å². The summed E-state index contributed by atoms with van der Waals surface area (Å²) in [5, 5.41) is 0. The van der Waals surface area contributed by atoms with Crippen molar-refractivity contribution in [3.05, 3.63) is 53.8 Å². The minimum absolute atomic E-state index is 0.0715. The molecule has 0 spiro atoms. The lowest BCUT2D eigenvalue weighted by molar-refractivity contribution is 0.0596. The number of ether oxygens (including phenoxy) is 2. The number of benzene rings is 2. The van der Waals surface area contributed by atoms with E-state index < -0.39 is 11.8 Å². The first-order valence-corrected chi connectivity index (χ1v) is 5.69. The van der Waals surface area contributed by atoms with Crippen molar-refractivity contribution in [2.45, 2.75) is 0 Å². The fraction of sp³-hybridized carbons (Fsp3) is 0.133. The molecule has 2 aromatic rings. The maximum Gasteiger partial charge on any atom is 0.341 e. The highest BCUT2D eigenvalue weighted by molar-refractivity contribution is 5.93. The molecule has 4 heteroatoms. The first-order valence-electron chi connectivity index (χ1n) is 5.69. The minimum Gasteiger partial charge on any atom is -0.493 e. The number of carbonyl (C=O) groups is 1. The van der Waals surface area contributed by atoms with Crippen LogP contribution in [0, 0.1) is 5.82 Å². The van der Waals surface area contributed by atoms with Gasteiger partial charge < -0.3 is 9.47 Å². The molecule has 0 bridgehead atoms. The number of esters is 1. The Hall–Kier alpha value is -2.36. The van der Waals surface area contributed by atoms with E-state index in [-0.39, 0.29) is 11.3 Å². The fourth-order valence-electron chi connectivity index (χ4n) is 1.87. The van der Waals surface area contributed by atoms with E-state index in [9.17, 15) is 9.18 Å². The Kier molecular flexibility index (Phi) is 3.80. The van der Waals surface area contributed by atoms with E-state index >= 15 is 0 Å². The molecule has 0 aliphatic rings. The van der Waals surface area contributed by atoms with E-state index in [4.69, 9.17) is 4.74 Å². The van der Waals surface area contributed by atoms with Crippen molar-refractivity contribution in [3.8, 4) is 16.9 Å². The Labute approximate surface area is 110 Å². The van der Waals surface area contributed by atoms with Crippen LogP contribution in [0.15, 0.2) is 42.5 Å². The second-order valence-electron chi connectivity index (χ2n) is 3.87. The molecule has 0 aliphatic carbocycles. The average molecular weight is 260 g/mol. The van der Waals surface area contributed by atoms with Gasteiger partial charge in [-0.1, -0.05) is 36.4 Å². The van der Waals surface area contributed by atoms with Gasteiger partial charge in [-0.2, -0.15) is 0 Å². The van der Waals surface area contributed by atoms with E-state index in [0.717, 1.165) is 5.56 Å². The molecule has 0 heterocycles. The summed E-state index contributed by atoms with van der Waals surface area (Å²) >= 11 is 0. The lowest BCUT2D eigenvalue weighted by Gasteiger charge is -2.11. The number of halogens is 1. The van der Waals surface area contributed by atoms with Crippen molar-refractivity contribution >= 4 is 5.97 Å². The van der Waals surface area contributed by atoms with Crippen molar-refractivity contribution in [2.75, 3.05) is 14.2 Å². The van der Waals surface area contributed by atoms with Crippen LogP contribution in [0.3, 0.4) is 0 Å². The van der Waals surface area contributed by atoms with Gasteiger partial charge in [-0.3, -0.25) is 0 Å². The van der Waals surface area contributed by atoms with Crippen LogP contribution in [-0.4, -0.2) is 20.2 Å². The smallest absolute Gasteiger partial charge is 0.341 e. The Bertz CT molecular complexity index is 594. The van der Waals surface area contributed by atoms with Gasteiger partial charge in [0, 0.05) is 5.56 Å². The maximum absolute atomic E-state index is 14.4. The van der Waals surface area contributed by atoms with E-state index in [2.05, 4.69) is 4.74 Å². The Morgan fingerprint density at radius 1 is 1.05 bits per heavy atom. The topological polar surface area (TPSA) is 35.5 Å². The highest BCUT2D eigenvalue weighted by Crippen LogP contribution is 2.32. The van der Waals surface area contributed by atoms with Crippen LogP contribution < -0.4 is 4.74 Å². The fourth-order valence-corrected chi connectivity index (χ4v) is 1.87. The van der Waals surface area contributed by atoms with Crippen LogP contribution in [-0.2, 0) is 4.74 Å². The van der Waals surface area contributed by atoms with Gasteiger partial charge in [0.25, 0.3) is 0 Å². The third-order valence-corrected chi connectivity index (χ3v) is 2.79. The molecule has 3 nitrogen and oxygen atoms in total. The normalized spacial score (nSPS) is 10.1. The summed E-state index contributed by atoms with van der Waals surface area (Å²) in [4.78, 5) is 11.5. The van der Waals surface area contributed by atoms with Crippen LogP contribution in [0.25, 0.3) is 11.1 Å². The highest BCUT2D eigenvalue weighted by atomic mass is 19.1. The predicted octanol–water partition coefficient (Wildman–Crippen LogP) is 3.29. The van der Waals surface area contributed by atoms with Crippen LogP contribution in [0.2, 0.25) is 0 Å². The zero-order valence-electron chi connectivity index (χ0n) is 10.6. The molecule has 0 aliphatic heterocycles. The van der Waals surface area contributed by atoms with Crippen LogP contribution >= 0.6 is 0 Å². The third kappa shape index (κ3) is 2.42. The standard InChI is InChI=1S/C15H13FO3/c1-18-14-12(15(17)19-2)9-8-11(13(14)16)10-6-4-3-5-7-10/h3-9H,1-2H3. The lowest BCUT2D eigenvalue weighted by atomic mass is 10.0. The van der Waals surface area contributed by atoms with Crippen molar-refractivity contribution in [2.24, 2.45) is 0 Å². The molecule has 0 fully saturated rings. The quantitative estimate of drug-likeness (QED) is 0.794. The Morgan fingerprint density at radius 2 is 1.74 bits per heavy atom. The van der Waals surface area contributed by atoms with E-state index in [1.54, 1.807) is 18.2 Å². The largest absolute Gasteiger partial charge is 0.493 e. The highest BCUT2D eigenvalue weighted by Gasteiger charge is 2.20. The Balaban J connectivity index is 2.59. The van der Waals surface area contributed by atoms with Gasteiger partial charge in [-0.15, -0.1) is 0 Å². The molecule has 0 unspecified atom stereocenters. The molecule has 0 N–H and O–H groups in total. The molecular formula is C15H13FO3. The predicted molar refractivity (Wildman–Crippen MR) is 69.7 cm³/mol. The van der Waals surface area contributed by atoms with Crippen molar-refractivity contribution < 1.29 is 18.7 Å². The first-order chi connectivity index (χ1) is 9.19. The molecule has 19 heavy (non-hydrogen) atoms. The van der Waals surface area contributed by atoms with Gasteiger partial charge in [0.1, 0.15) is 5.56 Å². The molecule has 2 rings (SSSR count). The van der Waals surface area contributed by atoms with Gasteiger partial charge in [-0.25, -0.2) is 9.18 Å². The van der Waals surface area contributed by atoms with Crippen LogP contribution in [0.1, 0.15) is 10.4 Å². The van der Waals surface area contributed by atoms with Crippen molar-refractivity contribution in [1.29, 1.82) is 0 Å². The number of hydrogen-bond acceptors (Lipinski definition) is 3. The van der Waals surface area contributed by atoms with Gasteiger partial charge in [0.2, 0.25) is 0 Å². The van der Waals surface area contributed by atoms with E-state index in [1.807, 2.05) is 18.2 Å². The second kappa shape index (κ2) is 5.52. The van der Waals surface area contributed by atoms with E-state index in [1.165, 1.54) is 20.3 Å². The first kappa shape index (κ1) is 13.1. The minimum atomic E-state index is -0.629. The van der Waals surface area contributed by atoms with Gasteiger partial charge in [0.05, 0.1) is 14.2 Å². The van der Waals surface area contributed by atoms with Crippen molar-refractivity contribution in [3.63, 3.8) is 0 Å². The summed E-state index contributed by atoms with van der Waals surface area (Å²) in [6.45, 7) is 0. The average Bonchev–Trinajstić information content (AvgIpc) is 2.47. The molecule has 0 saturated heterocycles. The molecular weight excluding hydrogens is 247 g/mol. The van der Waals surface area contributed by atoms with Crippen molar-refractivity contribution in [1.82, 2.24) is 0 Å². The summed E-state index contributed by atoms with van der Waals surface area (Å²) in [5.41, 5.74) is 1.17. The lowest BCUT2D eigenvalue weighted by Crippen LogP contribution is -2.06. The maximum atomic E-state index is 14.4. The zero-order chi connectivity index (χ0) is 13.8. The van der Waals surface area contributed by atoms with Gasteiger partial charge in [-0.05, 0) is 11.6 Å². The number of hydrogen-bond donors (Lipinski definition) is 0. The van der Waals surface area contributed by atoms with Gasteiger partial charge in [0.15, 0.2) is 11.6 Å². The summed E-state index contributed by atoms with van der Waals surface area (Å²) in [7, 11) is 2.56. The van der Waals surface area contributed by atoms with Crippen LogP contribution in [0.5, 0.6) is 5.75 Å². The van der Waals surface area contributed by atoms with E-state index in [0.29, 0.717) is 5.56 Å². The molecule has 0 saturated carbocycles. The summed E-state index contributed by atoms with van der Waals surface area (Å²) < 4.78 is 24.0. The SMILES string of the molecule is COC(=O)c1ccc(-c2ccccc2)c(F)c1OC. The molecule has 0 atom stereocenters. The molecule has 0 radical (unpaired) electrons. The number of rotatable bonds is 3. The molecule has 2 aromatic carbocycles. The second-order valence-corrected chi connectivity index (χ2v) is 3.87. The molecule has 0 amide bonds.